The monoisotopic (exact) mass is 747 g/mol. The summed E-state index contributed by atoms with van der Waals surface area (Å²) in [6.45, 7) is 37.8. The topological polar surface area (TPSA) is 62.0 Å². The van der Waals surface area contributed by atoms with Gasteiger partial charge in [-0.2, -0.15) is 0 Å². The highest BCUT2D eigenvalue weighted by Crippen LogP contribution is 2.67. The maximum absolute atomic E-state index is 7.17. The van der Waals surface area contributed by atoms with Gasteiger partial charge in [-0.15, -0.1) is 0 Å². The number of ether oxygens (including phenoxy) is 4. The van der Waals surface area contributed by atoms with Crippen molar-refractivity contribution in [3.05, 3.63) is 11.6 Å². The second-order valence-corrected chi connectivity index (χ2v) is 31.6. The van der Waals surface area contributed by atoms with Gasteiger partial charge in [0.05, 0.1) is 38.6 Å². The van der Waals surface area contributed by atoms with Gasteiger partial charge in [0.15, 0.2) is 16.6 Å². The van der Waals surface area contributed by atoms with E-state index in [2.05, 4.69) is 108 Å². The highest BCUT2D eigenvalue weighted by Gasteiger charge is 2.62. The van der Waals surface area contributed by atoms with Crippen molar-refractivity contribution in [1.82, 2.24) is 0 Å². The zero-order valence-corrected chi connectivity index (χ0v) is 37.6. The highest BCUT2D eigenvalue weighted by molar-refractivity contribution is 6.74. The number of epoxide rings is 2. The predicted octanol–water partition coefficient (Wildman–Crippen LogP) is 10.7. The van der Waals surface area contributed by atoms with Crippen molar-refractivity contribution in [2.75, 3.05) is 26.4 Å². The molecule has 4 aliphatic carbocycles. The SMILES string of the molecule is CC[C@H]1CC[C@H]2[C@@H]3CC=C4C[C@@H](OCC5OC5(C)CO[Si](C)(C)C(C)(C)C)C[C@H](OCC5OC5(C)CO[Si](C)(C)C(C)(C)C)[C@]4(C)[C@H]3CC[C@]12C. The van der Waals surface area contributed by atoms with Crippen LogP contribution in [-0.2, 0) is 27.8 Å². The summed E-state index contributed by atoms with van der Waals surface area (Å²) in [5.74, 6) is 3.16. The summed E-state index contributed by atoms with van der Waals surface area (Å²) in [7, 11) is -3.69. The molecule has 6 rings (SSSR count). The predicted molar refractivity (Wildman–Crippen MR) is 213 cm³/mol. The molecule has 2 aliphatic heterocycles. The molecule has 8 heteroatoms. The lowest BCUT2D eigenvalue weighted by Gasteiger charge is -2.60. The molecule has 294 valence electrons. The number of hydrogen-bond donors (Lipinski definition) is 0. The van der Waals surface area contributed by atoms with Crippen LogP contribution in [-0.4, -0.2) is 78.7 Å². The molecule has 0 radical (unpaired) electrons. The van der Waals surface area contributed by atoms with E-state index in [0.29, 0.717) is 37.8 Å². The van der Waals surface area contributed by atoms with Crippen LogP contribution >= 0.6 is 0 Å². The number of fused-ring (bicyclic) bond motifs is 5. The average molecular weight is 747 g/mol. The van der Waals surface area contributed by atoms with Gasteiger partial charge in [-0.05, 0) is 118 Å². The summed E-state index contributed by atoms with van der Waals surface area (Å²) in [6, 6.07) is 0. The lowest BCUT2D eigenvalue weighted by Crippen LogP contribution is -2.56. The van der Waals surface area contributed by atoms with Crippen LogP contribution in [0.4, 0.5) is 0 Å². The summed E-state index contributed by atoms with van der Waals surface area (Å²) in [6.07, 6.45) is 13.1. The molecule has 12 atom stereocenters. The van der Waals surface area contributed by atoms with E-state index < -0.39 is 16.6 Å². The van der Waals surface area contributed by atoms with Gasteiger partial charge in [0.2, 0.25) is 0 Å². The molecule has 6 nitrogen and oxygen atoms in total. The van der Waals surface area contributed by atoms with Crippen molar-refractivity contribution in [1.29, 1.82) is 0 Å². The van der Waals surface area contributed by atoms with Crippen molar-refractivity contribution in [3.8, 4) is 0 Å². The van der Waals surface area contributed by atoms with Crippen molar-refractivity contribution < 1.29 is 27.8 Å². The Morgan fingerprint density at radius 1 is 0.765 bits per heavy atom. The van der Waals surface area contributed by atoms with E-state index in [0.717, 1.165) is 30.6 Å². The van der Waals surface area contributed by atoms with Gasteiger partial charge in [-0.1, -0.05) is 80.4 Å². The molecular weight excluding hydrogens is 669 g/mol. The second kappa shape index (κ2) is 13.6. The standard InChI is InChI=1S/C43H78O6Si2/c1-16-29-18-20-33-32-19-17-30-23-31(44-25-36-41(9,48-36)27-46-50(12,13)38(2,3)4)24-35(43(30,11)34(32)21-22-40(29,33)8)45-26-37-42(10,49-37)28-47-51(14,15)39(5,6)7/h17,29,31-37H,16,18-28H2,1-15H3/t29-,31+,32-,33-,34-,35-,36?,37?,40+,41?,42?,43-/m0/s1. The van der Waals surface area contributed by atoms with E-state index in [4.69, 9.17) is 27.8 Å². The van der Waals surface area contributed by atoms with Gasteiger partial charge in [0, 0.05) is 11.8 Å². The van der Waals surface area contributed by atoms with Gasteiger partial charge in [-0.3, -0.25) is 0 Å². The first-order valence-corrected chi connectivity index (χ1v) is 26.8. The van der Waals surface area contributed by atoms with Gasteiger partial charge < -0.3 is 27.8 Å². The van der Waals surface area contributed by atoms with Gasteiger partial charge in [0.25, 0.3) is 0 Å². The van der Waals surface area contributed by atoms with E-state index >= 15 is 0 Å². The van der Waals surface area contributed by atoms with Gasteiger partial charge in [-0.25, -0.2) is 0 Å². The van der Waals surface area contributed by atoms with Crippen LogP contribution in [0.5, 0.6) is 0 Å². The summed E-state index contributed by atoms with van der Waals surface area (Å²) in [4.78, 5) is 0. The van der Waals surface area contributed by atoms with Crippen LogP contribution in [0.2, 0.25) is 36.3 Å². The van der Waals surface area contributed by atoms with E-state index in [1.165, 1.54) is 38.5 Å². The van der Waals surface area contributed by atoms with Crippen molar-refractivity contribution in [2.45, 2.75) is 199 Å². The number of rotatable bonds is 13. The molecule has 0 amide bonds. The first-order chi connectivity index (χ1) is 23.4. The average Bonchev–Trinajstić information content (AvgIpc) is 3.85. The van der Waals surface area contributed by atoms with E-state index in [1.807, 2.05) is 0 Å². The molecule has 0 aromatic rings. The minimum Gasteiger partial charge on any atom is -0.414 e. The minimum absolute atomic E-state index is 0.0406. The smallest absolute Gasteiger partial charge is 0.192 e. The Hall–Kier alpha value is -0.0662. The Bertz CT molecular complexity index is 1300. The molecule has 3 saturated carbocycles. The van der Waals surface area contributed by atoms with Gasteiger partial charge in [0.1, 0.15) is 23.4 Å². The molecule has 0 bridgehead atoms. The normalized spacial score (nSPS) is 44.0. The summed E-state index contributed by atoms with van der Waals surface area (Å²) in [5.41, 5.74) is 1.63. The van der Waals surface area contributed by atoms with Crippen LogP contribution in [0.15, 0.2) is 11.6 Å². The minimum atomic E-state index is -1.86. The fourth-order valence-corrected chi connectivity index (χ4v) is 12.7. The van der Waals surface area contributed by atoms with E-state index in [1.54, 1.807) is 5.57 Å². The van der Waals surface area contributed by atoms with Crippen LogP contribution < -0.4 is 0 Å². The molecule has 51 heavy (non-hydrogen) atoms. The third kappa shape index (κ3) is 7.47. The molecule has 6 aliphatic rings. The second-order valence-electron chi connectivity index (χ2n) is 22.0. The maximum Gasteiger partial charge on any atom is 0.192 e. The fraction of sp³-hybridized carbons (Fsp3) is 0.953. The van der Waals surface area contributed by atoms with E-state index in [9.17, 15) is 0 Å². The molecular formula is C43H78O6Si2. The van der Waals surface area contributed by atoms with Crippen LogP contribution in [0, 0.1) is 34.5 Å². The maximum atomic E-state index is 7.17. The first kappa shape index (κ1) is 40.6. The molecule has 0 aromatic heterocycles. The summed E-state index contributed by atoms with van der Waals surface area (Å²) < 4.78 is 39.9. The fourth-order valence-electron chi connectivity index (χ4n) is 10.6. The quantitative estimate of drug-likeness (QED) is 0.106. The molecule has 0 N–H and O–H groups in total. The zero-order valence-electron chi connectivity index (χ0n) is 35.6. The molecule has 4 unspecified atom stereocenters. The van der Waals surface area contributed by atoms with Crippen molar-refractivity contribution >= 4 is 16.6 Å². The third-order valence-corrected chi connectivity index (χ3v) is 25.8. The van der Waals surface area contributed by atoms with E-state index in [-0.39, 0.29) is 51.1 Å². The first-order valence-electron chi connectivity index (χ1n) is 21.0. The zero-order chi connectivity index (χ0) is 37.6. The summed E-state index contributed by atoms with van der Waals surface area (Å²) in [5, 5.41) is 0.372. The Balaban J connectivity index is 1.14. The van der Waals surface area contributed by atoms with Crippen molar-refractivity contribution in [2.24, 2.45) is 34.5 Å². The number of allylic oxidation sites excluding steroid dienone is 1. The Morgan fingerprint density at radius 3 is 1.84 bits per heavy atom. The summed E-state index contributed by atoms with van der Waals surface area (Å²) >= 11 is 0. The Kier molecular flexibility index (Phi) is 10.8. The van der Waals surface area contributed by atoms with Crippen molar-refractivity contribution in [3.63, 3.8) is 0 Å². The van der Waals surface area contributed by atoms with Crippen LogP contribution in [0.1, 0.15) is 128 Å². The molecule has 2 saturated heterocycles. The Labute approximate surface area is 315 Å². The van der Waals surface area contributed by atoms with Crippen LogP contribution in [0.25, 0.3) is 0 Å². The number of hydrogen-bond acceptors (Lipinski definition) is 6. The lowest BCUT2D eigenvalue weighted by molar-refractivity contribution is -0.138. The largest absolute Gasteiger partial charge is 0.414 e. The lowest BCUT2D eigenvalue weighted by atomic mass is 9.46. The molecule has 5 fully saturated rings. The third-order valence-electron chi connectivity index (χ3n) is 16.9. The molecule has 2 heterocycles. The Morgan fingerprint density at radius 2 is 1.31 bits per heavy atom. The highest BCUT2D eigenvalue weighted by atomic mass is 28.4. The van der Waals surface area contributed by atoms with Gasteiger partial charge >= 0.3 is 0 Å². The molecule has 0 aromatic carbocycles. The van der Waals surface area contributed by atoms with Crippen LogP contribution in [0.3, 0.4) is 0 Å². The molecule has 0 spiro atoms.